The van der Waals surface area contributed by atoms with E-state index in [-0.39, 0.29) is 6.29 Å². The number of allylic oxidation sites excluding steroid dienone is 1. The summed E-state index contributed by atoms with van der Waals surface area (Å²) in [5, 5.41) is 0. The van der Waals surface area contributed by atoms with Gasteiger partial charge in [-0.15, -0.1) is 0 Å². The number of nitrogens with two attached hydrogens (primary N) is 1. The molecule has 1 aromatic carbocycles. The zero-order valence-corrected chi connectivity index (χ0v) is 17.0. The first-order chi connectivity index (χ1) is 13.4. The van der Waals surface area contributed by atoms with Crippen molar-refractivity contribution in [2.24, 2.45) is 5.73 Å². The molecular formula is C22H31N3O3. The molecule has 0 saturated carbocycles. The second-order valence-corrected chi connectivity index (χ2v) is 7.02. The molecule has 1 atom stereocenters. The molecule has 1 aliphatic heterocycles. The molecule has 1 saturated heterocycles. The highest BCUT2D eigenvalue weighted by Crippen LogP contribution is 2.20. The number of benzene rings is 1. The molecule has 6 nitrogen and oxygen atoms in total. The van der Waals surface area contributed by atoms with Gasteiger partial charge in [0, 0.05) is 19.2 Å². The number of hydrogen-bond acceptors (Lipinski definition) is 6. The van der Waals surface area contributed by atoms with Crippen molar-refractivity contribution in [2.45, 2.75) is 51.6 Å². The lowest BCUT2D eigenvalue weighted by atomic mass is 10.1. The van der Waals surface area contributed by atoms with Crippen LogP contribution in [0.5, 0.6) is 0 Å². The Morgan fingerprint density at radius 1 is 1.43 bits per heavy atom. The first kappa shape index (κ1) is 21.8. The van der Waals surface area contributed by atoms with E-state index in [1.54, 1.807) is 13.1 Å². The monoisotopic (exact) mass is 385 g/mol. The Bertz CT molecular complexity index is 741. The quantitative estimate of drug-likeness (QED) is 0.276. The molecule has 28 heavy (non-hydrogen) atoms. The molecule has 1 fully saturated rings. The van der Waals surface area contributed by atoms with Gasteiger partial charge in [-0.1, -0.05) is 30.6 Å². The average Bonchev–Trinajstić information content (AvgIpc) is 2.68. The summed E-state index contributed by atoms with van der Waals surface area (Å²) < 4.78 is 17.4. The van der Waals surface area contributed by atoms with Crippen molar-refractivity contribution in [3.8, 4) is 11.8 Å². The smallest absolute Gasteiger partial charge is 0.160 e. The summed E-state index contributed by atoms with van der Waals surface area (Å²) in [6.07, 6.45) is 4.55. The van der Waals surface area contributed by atoms with E-state index in [1.165, 1.54) is 0 Å². The summed E-state index contributed by atoms with van der Waals surface area (Å²) in [4.78, 5) is 0. The van der Waals surface area contributed by atoms with Gasteiger partial charge in [-0.2, -0.15) is 0 Å². The molecule has 0 bridgehead atoms. The summed E-state index contributed by atoms with van der Waals surface area (Å²) in [6, 6.07) is 7.88. The van der Waals surface area contributed by atoms with E-state index in [9.17, 15) is 0 Å². The van der Waals surface area contributed by atoms with Crippen LogP contribution in [0.1, 0.15) is 44.2 Å². The Labute approximate surface area is 168 Å². The molecular weight excluding hydrogens is 354 g/mol. The number of nitrogens with one attached hydrogen (secondary N) is 2. The number of ether oxygens (including phenoxy) is 3. The third-order valence-electron chi connectivity index (χ3n) is 4.10. The molecule has 4 N–H and O–H groups in total. The van der Waals surface area contributed by atoms with Crippen LogP contribution in [0.15, 0.2) is 48.5 Å². The van der Waals surface area contributed by atoms with E-state index in [2.05, 4.69) is 29.3 Å². The fourth-order valence-corrected chi connectivity index (χ4v) is 2.73. The van der Waals surface area contributed by atoms with E-state index in [0.29, 0.717) is 18.2 Å². The summed E-state index contributed by atoms with van der Waals surface area (Å²) in [7, 11) is 1.72. The molecule has 0 aliphatic carbocycles. The molecule has 2 rings (SSSR count). The number of hydrogen-bond donors (Lipinski definition) is 3. The van der Waals surface area contributed by atoms with Crippen LogP contribution < -0.4 is 16.6 Å². The van der Waals surface area contributed by atoms with Crippen LogP contribution >= 0.6 is 0 Å². The average molecular weight is 386 g/mol. The number of rotatable bonds is 8. The van der Waals surface area contributed by atoms with E-state index in [0.717, 1.165) is 37.0 Å². The van der Waals surface area contributed by atoms with Gasteiger partial charge in [-0.05, 0) is 56.9 Å². The molecule has 152 valence electrons. The molecule has 0 spiro atoms. The minimum Gasteiger partial charge on any atom is -0.485 e. The van der Waals surface area contributed by atoms with Crippen molar-refractivity contribution in [1.82, 2.24) is 10.9 Å². The lowest BCUT2D eigenvalue weighted by molar-refractivity contribution is -0.199. The molecule has 0 radical (unpaired) electrons. The fourth-order valence-electron chi connectivity index (χ4n) is 2.73. The van der Waals surface area contributed by atoms with E-state index >= 15 is 0 Å². The van der Waals surface area contributed by atoms with Crippen molar-refractivity contribution < 1.29 is 14.2 Å². The number of hydrazine groups is 1. The maximum absolute atomic E-state index is 6.01. The SMILES string of the molecule is C=C/C(OCc1cccc(C#CC(C)(C)OC2CCCCO2)c1)=C(/N)NNC. The van der Waals surface area contributed by atoms with Gasteiger partial charge < -0.3 is 25.4 Å². The van der Waals surface area contributed by atoms with Crippen molar-refractivity contribution in [2.75, 3.05) is 13.7 Å². The van der Waals surface area contributed by atoms with E-state index in [1.807, 2.05) is 38.1 Å². The first-order valence-corrected chi connectivity index (χ1v) is 9.53. The Kier molecular flexibility index (Phi) is 8.40. The lowest BCUT2D eigenvalue weighted by Crippen LogP contribution is -2.33. The van der Waals surface area contributed by atoms with E-state index < -0.39 is 5.60 Å². The van der Waals surface area contributed by atoms with Crippen LogP contribution in [0.4, 0.5) is 0 Å². The minimum absolute atomic E-state index is 0.168. The normalized spacial score (nSPS) is 17.8. The van der Waals surface area contributed by atoms with Gasteiger partial charge in [0.15, 0.2) is 17.9 Å². The van der Waals surface area contributed by atoms with Crippen LogP contribution in [-0.4, -0.2) is 25.5 Å². The maximum Gasteiger partial charge on any atom is 0.160 e. The second kappa shape index (κ2) is 10.8. The van der Waals surface area contributed by atoms with Gasteiger partial charge in [-0.3, -0.25) is 0 Å². The van der Waals surface area contributed by atoms with Crippen molar-refractivity contribution in [3.05, 3.63) is 59.6 Å². The fraction of sp³-hybridized carbons (Fsp3) is 0.455. The Balaban J connectivity index is 2.00. The topological polar surface area (TPSA) is 77.8 Å². The third kappa shape index (κ3) is 7.28. The Hall–Kier alpha value is -2.46. The molecule has 1 unspecified atom stereocenters. The van der Waals surface area contributed by atoms with Gasteiger partial charge in [0.25, 0.3) is 0 Å². The second-order valence-electron chi connectivity index (χ2n) is 7.02. The van der Waals surface area contributed by atoms with Crippen molar-refractivity contribution >= 4 is 0 Å². The van der Waals surface area contributed by atoms with Crippen LogP contribution in [-0.2, 0) is 20.8 Å². The van der Waals surface area contributed by atoms with Crippen LogP contribution in [0.3, 0.4) is 0 Å². The van der Waals surface area contributed by atoms with Crippen LogP contribution in [0.2, 0.25) is 0 Å². The minimum atomic E-state index is -0.583. The van der Waals surface area contributed by atoms with Crippen molar-refractivity contribution in [1.29, 1.82) is 0 Å². The molecule has 1 aromatic rings. The summed E-state index contributed by atoms with van der Waals surface area (Å²) in [6.45, 7) is 8.76. The van der Waals surface area contributed by atoms with Gasteiger partial charge in [0.2, 0.25) is 0 Å². The molecule has 1 heterocycles. The molecule has 6 heteroatoms. The zero-order valence-electron chi connectivity index (χ0n) is 17.0. The van der Waals surface area contributed by atoms with Crippen LogP contribution in [0, 0.1) is 11.8 Å². The highest BCUT2D eigenvalue weighted by molar-refractivity contribution is 5.38. The molecule has 0 amide bonds. The first-order valence-electron chi connectivity index (χ1n) is 9.53. The van der Waals surface area contributed by atoms with Crippen molar-refractivity contribution in [3.63, 3.8) is 0 Å². The highest BCUT2D eigenvalue weighted by Gasteiger charge is 2.23. The van der Waals surface area contributed by atoms with E-state index in [4.69, 9.17) is 19.9 Å². The standard InChI is InChI=1S/C22H31N3O3/c1-5-19(21(23)25-24-4)27-16-18-10-8-9-17(15-18)12-13-22(2,3)28-20-11-6-7-14-26-20/h5,8-10,15,20,24-25H,1,6-7,11,14,16,23H2,2-4H3/b21-19+. The molecule has 0 aromatic heterocycles. The van der Waals surface area contributed by atoms with Gasteiger partial charge >= 0.3 is 0 Å². The van der Waals surface area contributed by atoms with Gasteiger partial charge in [-0.25, -0.2) is 5.43 Å². The lowest BCUT2D eigenvalue weighted by Gasteiger charge is -2.29. The predicted molar refractivity (Wildman–Crippen MR) is 110 cm³/mol. The summed E-state index contributed by atoms with van der Waals surface area (Å²) >= 11 is 0. The Morgan fingerprint density at radius 2 is 2.25 bits per heavy atom. The van der Waals surface area contributed by atoms with Crippen LogP contribution in [0.25, 0.3) is 0 Å². The zero-order chi connectivity index (χ0) is 20.4. The highest BCUT2D eigenvalue weighted by atomic mass is 16.7. The van der Waals surface area contributed by atoms with Gasteiger partial charge in [0.05, 0.1) is 0 Å². The Morgan fingerprint density at radius 3 is 2.93 bits per heavy atom. The maximum atomic E-state index is 6.01. The largest absolute Gasteiger partial charge is 0.485 e. The predicted octanol–water partition coefficient (Wildman–Crippen LogP) is 2.91. The van der Waals surface area contributed by atoms with Gasteiger partial charge in [0.1, 0.15) is 12.2 Å². The summed E-state index contributed by atoms with van der Waals surface area (Å²) in [5.41, 5.74) is 12.7. The third-order valence-corrected chi connectivity index (χ3v) is 4.10. The molecule has 1 aliphatic rings. The summed E-state index contributed by atoms with van der Waals surface area (Å²) in [5.74, 6) is 7.25.